The highest BCUT2D eigenvalue weighted by Crippen LogP contribution is 2.08. The van der Waals surface area contributed by atoms with Gasteiger partial charge in [0.05, 0.1) is 4.88 Å². The first kappa shape index (κ1) is 14.0. The average molecular weight is 281 g/mol. The first-order valence-electron chi connectivity index (χ1n) is 6.52. The van der Waals surface area contributed by atoms with E-state index in [0.717, 1.165) is 25.9 Å². The first-order chi connectivity index (χ1) is 9.16. The Balaban J connectivity index is 1.80. The Labute approximate surface area is 116 Å². The molecule has 6 heteroatoms. The molecule has 1 aromatic heterocycles. The van der Waals surface area contributed by atoms with Crippen molar-refractivity contribution in [1.29, 1.82) is 0 Å². The van der Waals surface area contributed by atoms with Crippen LogP contribution in [0.2, 0.25) is 0 Å². The molecule has 2 heterocycles. The predicted octanol–water partition coefficient (Wildman–Crippen LogP) is 0.735. The number of nitrogens with one attached hydrogen (secondary N) is 3. The van der Waals surface area contributed by atoms with Crippen LogP contribution < -0.4 is 16.0 Å². The van der Waals surface area contributed by atoms with Crippen molar-refractivity contribution in [3.8, 4) is 0 Å². The summed E-state index contributed by atoms with van der Waals surface area (Å²) in [5, 5.41) is 10.7. The molecule has 0 radical (unpaired) electrons. The molecular formula is C13H19N3O2S. The lowest BCUT2D eigenvalue weighted by Gasteiger charge is -2.25. The molecule has 1 aromatic rings. The van der Waals surface area contributed by atoms with E-state index in [4.69, 9.17) is 0 Å². The van der Waals surface area contributed by atoms with Gasteiger partial charge < -0.3 is 16.0 Å². The SMILES string of the molecule is CC(NC(=O)c1cccs1)C(=O)NC1CCCNC1. The van der Waals surface area contributed by atoms with Gasteiger partial charge in [-0.2, -0.15) is 0 Å². The van der Waals surface area contributed by atoms with E-state index >= 15 is 0 Å². The van der Waals surface area contributed by atoms with Gasteiger partial charge in [0, 0.05) is 12.6 Å². The van der Waals surface area contributed by atoms with E-state index in [1.807, 2.05) is 11.4 Å². The summed E-state index contributed by atoms with van der Waals surface area (Å²) in [7, 11) is 0. The fraction of sp³-hybridized carbons (Fsp3) is 0.538. The summed E-state index contributed by atoms with van der Waals surface area (Å²) in [6.07, 6.45) is 2.06. The van der Waals surface area contributed by atoms with Crippen LogP contribution in [0.15, 0.2) is 17.5 Å². The second-order valence-electron chi connectivity index (χ2n) is 4.72. The standard InChI is InChI=1S/C13H19N3O2S/c1-9(15-13(18)11-5-3-7-19-11)12(17)16-10-4-2-6-14-8-10/h3,5,7,9-10,14H,2,4,6,8H2,1H3,(H,15,18)(H,16,17). The van der Waals surface area contributed by atoms with Crippen molar-refractivity contribution >= 4 is 23.2 Å². The number of piperidine rings is 1. The van der Waals surface area contributed by atoms with Crippen molar-refractivity contribution in [3.05, 3.63) is 22.4 Å². The minimum Gasteiger partial charge on any atom is -0.350 e. The maximum Gasteiger partial charge on any atom is 0.261 e. The Bertz CT molecular complexity index is 427. The molecule has 2 rings (SSSR count). The highest BCUT2D eigenvalue weighted by atomic mass is 32.1. The molecule has 0 saturated carbocycles. The van der Waals surface area contributed by atoms with E-state index in [1.165, 1.54) is 11.3 Å². The summed E-state index contributed by atoms with van der Waals surface area (Å²) < 4.78 is 0. The van der Waals surface area contributed by atoms with Crippen molar-refractivity contribution in [3.63, 3.8) is 0 Å². The van der Waals surface area contributed by atoms with Gasteiger partial charge in [-0.25, -0.2) is 0 Å². The molecule has 0 aromatic carbocycles. The molecule has 1 aliphatic rings. The van der Waals surface area contributed by atoms with Gasteiger partial charge in [0.25, 0.3) is 5.91 Å². The molecule has 2 unspecified atom stereocenters. The molecule has 0 bridgehead atoms. The van der Waals surface area contributed by atoms with Crippen molar-refractivity contribution < 1.29 is 9.59 Å². The van der Waals surface area contributed by atoms with Crippen LogP contribution in [0.5, 0.6) is 0 Å². The van der Waals surface area contributed by atoms with Crippen LogP contribution in [0.1, 0.15) is 29.4 Å². The van der Waals surface area contributed by atoms with Gasteiger partial charge in [0.2, 0.25) is 5.91 Å². The van der Waals surface area contributed by atoms with Gasteiger partial charge in [0.15, 0.2) is 0 Å². The molecule has 19 heavy (non-hydrogen) atoms. The second kappa shape index (κ2) is 6.68. The number of carbonyl (C=O) groups excluding carboxylic acids is 2. The minimum atomic E-state index is -0.517. The summed E-state index contributed by atoms with van der Waals surface area (Å²) in [4.78, 5) is 24.4. The Hall–Kier alpha value is -1.40. The lowest BCUT2D eigenvalue weighted by atomic mass is 10.1. The van der Waals surface area contributed by atoms with Crippen LogP contribution in [0.4, 0.5) is 0 Å². The zero-order chi connectivity index (χ0) is 13.7. The highest BCUT2D eigenvalue weighted by molar-refractivity contribution is 7.12. The van der Waals surface area contributed by atoms with Gasteiger partial charge >= 0.3 is 0 Å². The molecule has 5 nitrogen and oxygen atoms in total. The van der Waals surface area contributed by atoms with E-state index < -0.39 is 6.04 Å². The maximum absolute atomic E-state index is 12.0. The number of carbonyl (C=O) groups is 2. The monoisotopic (exact) mass is 281 g/mol. The zero-order valence-corrected chi connectivity index (χ0v) is 11.8. The van der Waals surface area contributed by atoms with Gasteiger partial charge in [-0.15, -0.1) is 11.3 Å². The molecule has 0 aliphatic carbocycles. The maximum atomic E-state index is 12.0. The van der Waals surface area contributed by atoms with E-state index in [9.17, 15) is 9.59 Å². The normalized spacial score (nSPS) is 20.6. The number of thiophene rings is 1. The quantitative estimate of drug-likeness (QED) is 0.762. The van der Waals surface area contributed by atoms with Crippen molar-refractivity contribution in [1.82, 2.24) is 16.0 Å². The Kier molecular flexibility index (Phi) is 4.93. The van der Waals surface area contributed by atoms with Gasteiger partial charge in [0.1, 0.15) is 6.04 Å². The third-order valence-corrected chi connectivity index (χ3v) is 4.00. The van der Waals surface area contributed by atoms with Crippen molar-refractivity contribution in [2.45, 2.75) is 31.8 Å². The topological polar surface area (TPSA) is 70.2 Å². The average Bonchev–Trinajstić information content (AvgIpc) is 2.93. The first-order valence-corrected chi connectivity index (χ1v) is 7.40. The lowest BCUT2D eigenvalue weighted by molar-refractivity contribution is -0.123. The van der Waals surface area contributed by atoms with Gasteiger partial charge in [-0.1, -0.05) is 6.07 Å². The Morgan fingerprint density at radius 1 is 1.53 bits per heavy atom. The summed E-state index contributed by atoms with van der Waals surface area (Å²) >= 11 is 1.37. The Morgan fingerprint density at radius 3 is 3.00 bits per heavy atom. The fourth-order valence-electron chi connectivity index (χ4n) is 2.04. The largest absolute Gasteiger partial charge is 0.350 e. The molecule has 1 fully saturated rings. The summed E-state index contributed by atoms with van der Waals surface area (Å²) in [6.45, 7) is 3.52. The molecule has 104 valence electrons. The number of hydrogen-bond donors (Lipinski definition) is 3. The van der Waals surface area contributed by atoms with Crippen LogP contribution in [0.25, 0.3) is 0 Å². The third kappa shape index (κ3) is 4.04. The molecule has 2 amide bonds. The number of amides is 2. The lowest BCUT2D eigenvalue weighted by Crippen LogP contribution is -2.52. The summed E-state index contributed by atoms with van der Waals surface area (Å²) in [5.41, 5.74) is 0. The fourth-order valence-corrected chi connectivity index (χ4v) is 2.67. The van der Waals surface area contributed by atoms with E-state index in [-0.39, 0.29) is 17.9 Å². The van der Waals surface area contributed by atoms with Crippen molar-refractivity contribution in [2.24, 2.45) is 0 Å². The molecular weight excluding hydrogens is 262 g/mol. The van der Waals surface area contributed by atoms with Crippen molar-refractivity contribution in [2.75, 3.05) is 13.1 Å². The Morgan fingerprint density at radius 2 is 2.37 bits per heavy atom. The van der Waals surface area contributed by atoms with E-state index in [1.54, 1.807) is 13.0 Å². The van der Waals surface area contributed by atoms with Crippen LogP contribution >= 0.6 is 11.3 Å². The van der Waals surface area contributed by atoms with Crippen LogP contribution in [-0.4, -0.2) is 37.0 Å². The van der Waals surface area contributed by atoms with Crippen LogP contribution in [0, 0.1) is 0 Å². The van der Waals surface area contributed by atoms with Gasteiger partial charge in [-0.3, -0.25) is 9.59 Å². The molecule has 1 aliphatic heterocycles. The highest BCUT2D eigenvalue weighted by Gasteiger charge is 2.21. The summed E-state index contributed by atoms with van der Waals surface area (Å²) in [6, 6.07) is 3.21. The zero-order valence-electron chi connectivity index (χ0n) is 10.9. The number of hydrogen-bond acceptors (Lipinski definition) is 4. The second-order valence-corrected chi connectivity index (χ2v) is 5.67. The van der Waals surface area contributed by atoms with E-state index in [2.05, 4.69) is 16.0 Å². The van der Waals surface area contributed by atoms with Crippen LogP contribution in [0.3, 0.4) is 0 Å². The van der Waals surface area contributed by atoms with Crippen LogP contribution in [-0.2, 0) is 4.79 Å². The predicted molar refractivity (Wildman–Crippen MR) is 75.3 cm³/mol. The smallest absolute Gasteiger partial charge is 0.261 e. The van der Waals surface area contributed by atoms with E-state index in [0.29, 0.717) is 4.88 Å². The molecule has 2 atom stereocenters. The number of rotatable bonds is 4. The van der Waals surface area contributed by atoms with Gasteiger partial charge in [-0.05, 0) is 37.8 Å². The molecule has 0 spiro atoms. The molecule has 3 N–H and O–H groups in total. The molecule has 1 saturated heterocycles. The summed E-state index contributed by atoms with van der Waals surface area (Å²) in [5.74, 6) is -0.321. The third-order valence-electron chi connectivity index (χ3n) is 3.13. The minimum absolute atomic E-state index is 0.126.